The van der Waals surface area contributed by atoms with Crippen LogP contribution in [0.3, 0.4) is 0 Å². The lowest BCUT2D eigenvalue weighted by atomic mass is 10.1. The van der Waals surface area contributed by atoms with Crippen LogP contribution in [0.15, 0.2) is 60.8 Å². The van der Waals surface area contributed by atoms with Gasteiger partial charge in [0, 0.05) is 22.7 Å². The highest BCUT2D eigenvalue weighted by Crippen LogP contribution is 2.25. The number of ether oxygens (including phenoxy) is 2. The minimum absolute atomic E-state index is 0.275. The highest BCUT2D eigenvalue weighted by molar-refractivity contribution is 6.30. The Morgan fingerprint density at radius 1 is 1.14 bits per heavy atom. The van der Waals surface area contributed by atoms with Crippen molar-refractivity contribution in [2.45, 2.75) is 6.54 Å². The van der Waals surface area contributed by atoms with E-state index < -0.39 is 0 Å². The van der Waals surface area contributed by atoms with Crippen molar-refractivity contribution in [2.75, 3.05) is 19.5 Å². The lowest BCUT2D eigenvalue weighted by Crippen LogP contribution is -2.13. The van der Waals surface area contributed by atoms with Crippen LogP contribution in [0.5, 0.6) is 11.5 Å². The van der Waals surface area contributed by atoms with Crippen molar-refractivity contribution >= 4 is 29.4 Å². The van der Waals surface area contributed by atoms with E-state index in [1.54, 1.807) is 55.4 Å². The molecule has 7 heteroatoms. The van der Waals surface area contributed by atoms with Crippen LogP contribution in [0.1, 0.15) is 11.1 Å². The molecule has 144 valence electrons. The van der Waals surface area contributed by atoms with Gasteiger partial charge in [-0.3, -0.25) is 4.79 Å². The van der Waals surface area contributed by atoms with Gasteiger partial charge in [-0.25, -0.2) is 4.68 Å². The second kappa shape index (κ2) is 9.10. The number of rotatable bonds is 7. The van der Waals surface area contributed by atoms with Gasteiger partial charge in [0.2, 0.25) is 5.91 Å². The molecular formula is C21H20ClN3O3. The number of amides is 1. The van der Waals surface area contributed by atoms with Crippen LogP contribution in [-0.4, -0.2) is 29.9 Å². The summed E-state index contributed by atoms with van der Waals surface area (Å²) >= 11 is 5.92. The van der Waals surface area contributed by atoms with E-state index in [2.05, 4.69) is 10.4 Å². The first-order chi connectivity index (χ1) is 13.6. The third-order valence-corrected chi connectivity index (χ3v) is 4.32. The minimum atomic E-state index is -0.275. The molecule has 0 unspecified atom stereocenters. The number of benzene rings is 2. The van der Waals surface area contributed by atoms with Gasteiger partial charge in [-0.15, -0.1) is 0 Å². The van der Waals surface area contributed by atoms with E-state index in [0.717, 1.165) is 11.1 Å². The van der Waals surface area contributed by atoms with E-state index in [1.807, 2.05) is 24.3 Å². The van der Waals surface area contributed by atoms with Gasteiger partial charge in [-0.2, -0.15) is 5.10 Å². The Balaban J connectivity index is 1.70. The van der Waals surface area contributed by atoms with Crippen molar-refractivity contribution in [3.8, 4) is 11.5 Å². The van der Waals surface area contributed by atoms with E-state index in [9.17, 15) is 4.79 Å². The molecule has 1 N–H and O–H groups in total. The first-order valence-electron chi connectivity index (χ1n) is 8.56. The fourth-order valence-electron chi connectivity index (χ4n) is 2.63. The minimum Gasteiger partial charge on any atom is -0.497 e. The number of nitrogens with zero attached hydrogens (tertiary/aromatic N) is 2. The first kappa shape index (κ1) is 19.5. The summed E-state index contributed by atoms with van der Waals surface area (Å²) in [6.45, 7) is 0.521. The zero-order valence-electron chi connectivity index (χ0n) is 15.6. The highest BCUT2D eigenvalue weighted by atomic mass is 35.5. The predicted molar refractivity (Wildman–Crippen MR) is 110 cm³/mol. The molecule has 6 nitrogen and oxygen atoms in total. The zero-order valence-corrected chi connectivity index (χ0v) is 16.3. The SMILES string of the molecule is COc1ccc(OC)c(/C=C/C(=O)Nc2ccnn2Cc2ccc(Cl)cc2)c1. The normalized spacial score (nSPS) is 10.8. The quantitative estimate of drug-likeness (QED) is 0.605. The Kier molecular flexibility index (Phi) is 6.34. The number of anilines is 1. The molecule has 0 bridgehead atoms. The van der Waals surface area contributed by atoms with E-state index in [1.165, 1.54) is 6.08 Å². The van der Waals surface area contributed by atoms with Gasteiger partial charge in [0.25, 0.3) is 0 Å². The zero-order chi connectivity index (χ0) is 19.9. The fraction of sp³-hybridized carbons (Fsp3) is 0.143. The Bertz CT molecular complexity index is 981. The van der Waals surface area contributed by atoms with Crippen LogP contribution in [0.2, 0.25) is 5.02 Å². The third-order valence-electron chi connectivity index (χ3n) is 4.06. The number of hydrogen-bond donors (Lipinski definition) is 1. The number of nitrogens with one attached hydrogen (secondary N) is 1. The van der Waals surface area contributed by atoms with Crippen molar-refractivity contribution in [2.24, 2.45) is 0 Å². The molecule has 0 radical (unpaired) electrons. The monoisotopic (exact) mass is 397 g/mol. The molecule has 0 aliphatic rings. The largest absolute Gasteiger partial charge is 0.497 e. The van der Waals surface area contributed by atoms with Crippen LogP contribution < -0.4 is 14.8 Å². The summed E-state index contributed by atoms with van der Waals surface area (Å²) < 4.78 is 12.2. The van der Waals surface area contributed by atoms with Crippen LogP contribution in [0.25, 0.3) is 6.08 Å². The molecule has 0 aliphatic heterocycles. The number of carbonyl (C=O) groups excluding carboxylic acids is 1. The second-order valence-electron chi connectivity index (χ2n) is 5.93. The molecule has 0 saturated carbocycles. The van der Waals surface area contributed by atoms with Gasteiger partial charge in [0.15, 0.2) is 0 Å². The average molecular weight is 398 g/mol. The molecule has 0 saturated heterocycles. The Morgan fingerprint density at radius 3 is 2.64 bits per heavy atom. The van der Waals surface area contributed by atoms with Crippen LogP contribution in [0.4, 0.5) is 5.82 Å². The molecule has 0 atom stereocenters. The topological polar surface area (TPSA) is 65.4 Å². The summed E-state index contributed by atoms with van der Waals surface area (Å²) in [5.41, 5.74) is 1.77. The Morgan fingerprint density at radius 2 is 1.93 bits per heavy atom. The maximum Gasteiger partial charge on any atom is 0.249 e. The first-order valence-corrected chi connectivity index (χ1v) is 8.94. The standard InChI is InChI=1S/C21H20ClN3O3/c1-27-18-8-9-19(28-2)16(13-18)5-10-21(26)24-20-11-12-23-25(20)14-15-3-6-17(22)7-4-15/h3-13H,14H2,1-2H3,(H,24,26)/b10-5+. The van der Waals surface area contributed by atoms with Crippen LogP contribution in [0, 0.1) is 0 Å². The lowest BCUT2D eigenvalue weighted by Gasteiger charge is -2.09. The number of carbonyl (C=O) groups is 1. The molecular weight excluding hydrogens is 378 g/mol. The second-order valence-corrected chi connectivity index (χ2v) is 6.37. The van der Waals surface area contributed by atoms with Crippen molar-refractivity contribution in [1.29, 1.82) is 0 Å². The van der Waals surface area contributed by atoms with Crippen LogP contribution >= 0.6 is 11.6 Å². The Hall–Kier alpha value is -3.25. The average Bonchev–Trinajstić information content (AvgIpc) is 3.14. The van der Waals surface area contributed by atoms with Crippen molar-refractivity contribution in [1.82, 2.24) is 9.78 Å². The molecule has 3 aromatic rings. The molecule has 0 fully saturated rings. The summed E-state index contributed by atoms with van der Waals surface area (Å²) in [6.07, 6.45) is 4.76. The van der Waals surface area contributed by atoms with Gasteiger partial charge in [0.05, 0.1) is 27.0 Å². The number of halogens is 1. The van der Waals surface area contributed by atoms with Gasteiger partial charge in [-0.05, 0) is 42.0 Å². The maximum absolute atomic E-state index is 12.4. The van der Waals surface area contributed by atoms with E-state index >= 15 is 0 Å². The Labute approximate surface area is 168 Å². The molecule has 1 aromatic heterocycles. The third kappa shape index (κ3) is 4.92. The summed E-state index contributed by atoms with van der Waals surface area (Å²) in [7, 11) is 3.17. The summed E-state index contributed by atoms with van der Waals surface area (Å²) in [4.78, 5) is 12.4. The van der Waals surface area contributed by atoms with Crippen molar-refractivity contribution in [3.63, 3.8) is 0 Å². The van der Waals surface area contributed by atoms with Crippen molar-refractivity contribution < 1.29 is 14.3 Å². The van der Waals surface area contributed by atoms with Gasteiger partial charge < -0.3 is 14.8 Å². The van der Waals surface area contributed by atoms with Gasteiger partial charge in [-0.1, -0.05) is 23.7 Å². The molecule has 0 spiro atoms. The molecule has 1 heterocycles. The molecule has 1 amide bonds. The van der Waals surface area contributed by atoms with Crippen molar-refractivity contribution in [3.05, 3.63) is 77.0 Å². The molecule has 28 heavy (non-hydrogen) atoms. The van der Waals surface area contributed by atoms with Crippen LogP contribution in [-0.2, 0) is 11.3 Å². The van der Waals surface area contributed by atoms with E-state index in [4.69, 9.17) is 21.1 Å². The smallest absolute Gasteiger partial charge is 0.249 e. The number of methoxy groups -OCH3 is 2. The van der Waals surface area contributed by atoms with Gasteiger partial charge in [0.1, 0.15) is 17.3 Å². The molecule has 0 aliphatic carbocycles. The number of aromatic nitrogens is 2. The van der Waals surface area contributed by atoms with Gasteiger partial charge >= 0.3 is 0 Å². The summed E-state index contributed by atoms with van der Waals surface area (Å²) in [6, 6.07) is 14.6. The predicted octanol–water partition coefficient (Wildman–Crippen LogP) is 4.25. The molecule has 3 rings (SSSR count). The van der Waals surface area contributed by atoms with E-state index in [0.29, 0.717) is 28.9 Å². The summed E-state index contributed by atoms with van der Waals surface area (Å²) in [5.74, 6) is 1.66. The highest BCUT2D eigenvalue weighted by Gasteiger charge is 2.07. The van der Waals surface area contributed by atoms with E-state index in [-0.39, 0.29) is 5.91 Å². The maximum atomic E-state index is 12.4. The summed E-state index contributed by atoms with van der Waals surface area (Å²) in [5, 5.41) is 7.78. The fourth-order valence-corrected chi connectivity index (χ4v) is 2.76. The molecule has 2 aromatic carbocycles. The lowest BCUT2D eigenvalue weighted by molar-refractivity contribution is -0.111. The number of hydrogen-bond acceptors (Lipinski definition) is 4.